The molecule has 4 nitrogen and oxygen atoms in total. The zero-order chi connectivity index (χ0) is 13.9. The van der Waals surface area contributed by atoms with Crippen LogP contribution < -0.4 is 0 Å². The molecule has 0 N–H and O–H groups in total. The summed E-state index contributed by atoms with van der Waals surface area (Å²) < 4.78 is 10.6. The lowest BCUT2D eigenvalue weighted by Gasteiger charge is -2.41. The average Bonchev–Trinajstić information content (AvgIpc) is 2.27. The molecule has 0 bridgehead atoms. The van der Waals surface area contributed by atoms with Gasteiger partial charge in [-0.25, -0.2) is 0 Å². The molecule has 0 heterocycles. The second-order valence-corrected chi connectivity index (χ2v) is 7.14. The Balaban J connectivity index is 2.92. The first-order chi connectivity index (χ1) is 8.36. The minimum absolute atomic E-state index is 0.0824. The van der Waals surface area contributed by atoms with Gasteiger partial charge in [-0.1, -0.05) is 47.8 Å². The van der Waals surface area contributed by atoms with Crippen LogP contribution in [0.4, 0.5) is 0 Å². The molecule has 1 saturated carbocycles. The maximum Gasteiger partial charge on any atom is 0.303 e. The zero-order valence-electron chi connectivity index (χ0n) is 10.1. The molecule has 1 aliphatic rings. The smallest absolute Gasteiger partial charge is 0.303 e. The lowest BCUT2D eigenvalue weighted by atomic mass is 9.85. The number of halogens is 3. The molecule has 1 fully saturated rings. The molecular formula is C11H15Br3O4. The van der Waals surface area contributed by atoms with Gasteiger partial charge < -0.3 is 9.47 Å². The Morgan fingerprint density at radius 2 is 1.61 bits per heavy atom. The van der Waals surface area contributed by atoms with Gasteiger partial charge in [0.25, 0.3) is 0 Å². The molecule has 0 aliphatic heterocycles. The van der Waals surface area contributed by atoms with Gasteiger partial charge in [0.05, 0.1) is 4.83 Å². The first-order valence-corrected chi connectivity index (χ1v) is 8.50. The third-order valence-electron chi connectivity index (χ3n) is 2.78. The number of carbonyl (C=O) groups excluding carboxylic acids is 2. The Labute approximate surface area is 132 Å². The zero-order valence-corrected chi connectivity index (χ0v) is 14.8. The normalized spacial score (nSPS) is 35.9. The van der Waals surface area contributed by atoms with Crippen molar-refractivity contribution in [3.8, 4) is 0 Å². The molecule has 0 aromatic heterocycles. The molecule has 0 aromatic rings. The summed E-state index contributed by atoms with van der Waals surface area (Å²) in [6, 6.07) is 0. The van der Waals surface area contributed by atoms with Crippen LogP contribution in [0.25, 0.3) is 0 Å². The molecule has 0 unspecified atom stereocenters. The molecule has 7 heteroatoms. The van der Waals surface area contributed by atoms with Crippen LogP contribution in [0.2, 0.25) is 0 Å². The van der Waals surface area contributed by atoms with Crippen LogP contribution >= 0.6 is 47.8 Å². The molecule has 5 atom stereocenters. The first-order valence-electron chi connectivity index (χ1n) is 5.55. The predicted octanol–water partition coefficient (Wildman–Crippen LogP) is 2.79. The van der Waals surface area contributed by atoms with Crippen LogP contribution in [-0.4, -0.2) is 39.1 Å². The van der Waals surface area contributed by atoms with Gasteiger partial charge in [0.1, 0.15) is 6.10 Å². The maximum absolute atomic E-state index is 11.2. The van der Waals surface area contributed by atoms with Gasteiger partial charge >= 0.3 is 11.9 Å². The molecule has 0 saturated heterocycles. The number of esters is 2. The average molecular weight is 451 g/mol. The number of ether oxygens (including phenoxy) is 2. The summed E-state index contributed by atoms with van der Waals surface area (Å²) in [5.74, 6) is -0.635. The maximum atomic E-state index is 11.2. The highest BCUT2D eigenvalue weighted by molar-refractivity contribution is 9.12. The SMILES string of the molecule is CC(=O)O[C@H]1[C@H](CBr)C[C@H](Br)[C@@H](Br)[C@@H]1OC(C)=O. The fourth-order valence-electron chi connectivity index (χ4n) is 2.04. The van der Waals surface area contributed by atoms with Crippen LogP contribution in [0.3, 0.4) is 0 Å². The van der Waals surface area contributed by atoms with E-state index in [9.17, 15) is 9.59 Å². The Morgan fingerprint density at radius 3 is 2.06 bits per heavy atom. The number of rotatable bonds is 3. The lowest BCUT2D eigenvalue weighted by molar-refractivity contribution is -0.171. The van der Waals surface area contributed by atoms with Gasteiger partial charge in [-0.15, -0.1) is 0 Å². The van der Waals surface area contributed by atoms with E-state index in [-0.39, 0.29) is 27.5 Å². The number of alkyl halides is 3. The van der Waals surface area contributed by atoms with E-state index in [1.165, 1.54) is 13.8 Å². The highest BCUT2D eigenvalue weighted by atomic mass is 79.9. The molecule has 104 valence electrons. The third kappa shape index (κ3) is 4.20. The van der Waals surface area contributed by atoms with Gasteiger partial charge in [-0.3, -0.25) is 9.59 Å². The summed E-state index contributed by atoms with van der Waals surface area (Å²) in [5.41, 5.74) is 0. The topological polar surface area (TPSA) is 52.6 Å². The summed E-state index contributed by atoms with van der Waals surface area (Å²) in [7, 11) is 0. The summed E-state index contributed by atoms with van der Waals surface area (Å²) in [4.78, 5) is 22.4. The number of carbonyl (C=O) groups is 2. The summed E-state index contributed by atoms with van der Waals surface area (Å²) in [6.07, 6.45) is -0.0762. The Hall–Kier alpha value is 0.380. The number of hydrogen-bond donors (Lipinski definition) is 0. The van der Waals surface area contributed by atoms with E-state index in [0.29, 0.717) is 5.33 Å². The molecule has 0 spiro atoms. The largest absolute Gasteiger partial charge is 0.458 e. The lowest BCUT2D eigenvalue weighted by Crippen LogP contribution is -2.53. The molecule has 0 radical (unpaired) electrons. The standard InChI is InChI=1S/C11H15Br3O4/c1-5(15)17-10-7(4-12)3-8(13)9(14)11(10)18-6(2)16/h7-11H,3-4H2,1-2H3/t7-,8-,9+,10-,11-/m0/s1. The molecule has 0 aromatic carbocycles. The van der Waals surface area contributed by atoms with Crippen LogP contribution in [0.5, 0.6) is 0 Å². The van der Waals surface area contributed by atoms with E-state index in [2.05, 4.69) is 47.8 Å². The highest BCUT2D eigenvalue weighted by Gasteiger charge is 2.46. The van der Waals surface area contributed by atoms with Gasteiger partial charge in [-0.2, -0.15) is 0 Å². The minimum atomic E-state index is -0.480. The highest BCUT2D eigenvalue weighted by Crippen LogP contribution is 2.38. The Morgan fingerprint density at radius 1 is 1.11 bits per heavy atom. The molecule has 1 aliphatic carbocycles. The van der Waals surface area contributed by atoms with Gasteiger partial charge in [0.15, 0.2) is 6.10 Å². The van der Waals surface area contributed by atoms with Gasteiger partial charge in [0, 0.05) is 29.9 Å². The molecule has 1 rings (SSSR count). The van der Waals surface area contributed by atoms with Gasteiger partial charge in [-0.05, 0) is 6.42 Å². The molecule has 18 heavy (non-hydrogen) atoms. The van der Waals surface area contributed by atoms with Crippen LogP contribution in [0, 0.1) is 5.92 Å². The van der Waals surface area contributed by atoms with E-state index in [4.69, 9.17) is 9.47 Å². The molecular weight excluding hydrogens is 436 g/mol. The third-order valence-corrected chi connectivity index (χ3v) is 6.42. The minimum Gasteiger partial charge on any atom is -0.458 e. The van der Waals surface area contributed by atoms with Crippen LogP contribution in [-0.2, 0) is 19.1 Å². The van der Waals surface area contributed by atoms with Crippen molar-refractivity contribution >= 4 is 59.7 Å². The number of hydrogen-bond acceptors (Lipinski definition) is 4. The van der Waals surface area contributed by atoms with Crippen molar-refractivity contribution in [3.05, 3.63) is 0 Å². The predicted molar refractivity (Wildman–Crippen MR) is 78.4 cm³/mol. The summed E-state index contributed by atoms with van der Waals surface area (Å²) in [6.45, 7) is 2.71. The monoisotopic (exact) mass is 448 g/mol. The van der Waals surface area contributed by atoms with Crippen molar-refractivity contribution in [1.82, 2.24) is 0 Å². The second kappa shape index (κ2) is 7.24. The van der Waals surface area contributed by atoms with Crippen molar-refractivity contribution in [2.75, 3.05) is 5.33 Å². The Kier molecular flexibility index (Phi) is 6.61. The summed E-state index contributed by atoms with van der Waals surface area (Å²) >= 11 is 10.5. The van der Waals surface area contributed by atoms with Crippen LogP contribution in [0.1, 0.15) is 20.3 Å². The van der Waals surface area contributed by atoms with Crippen molar-refractivity contribution in [2.24, 2.45) is 5.92 Å². The van der Waals surface area contributed by atoms with E-state index < -0.39 is 12.2 Å². The fourth-order valence-corrected chi connectivity index (χ4v) is 4.08. The van der Waals surface area contributed by atoms with Crippen molar-refractivity contribution in [1.29, 1.82) is 0 Å². The first kappa shape index (κ1) is 16.4. The van der Waals surface area contributed by atoms with Crippen molar-refractivity contribution in [2.45, 2.75) is 42.1 Å². The van der Waals surface area contributed by atoms with Crippen molar-refractivity contribution < 1.29 is 19.1 Å². The molecule has 0 amide bonds. The van der Waals surface area contributed by atoms with E-state index in [1.807, 2.05) is 0 Å². The van der Waals surface area contributed by atoms with E-state index in [0.717, 1.165) is 6.42 Å². The van der Waals surface area contributed by atoms with E-state index >= 15 is 0 Å². The van der Waals surface area contributed by atoms with Crippen molar-refractivity contribution in [3.63, 3.8) is 0 Å². The quantitative estimate of drug-likeness (QED) is 0.490. The van der Waals surface area contributed by atoms with Crippen LogP contribution in [0.15, 0.2) is 0 Å². The van der Waals surface area contributed by atoms with E-state index in [1.54, 1.807) is 0 Å². The summed E-state index contributed by atoms with van der Waals surface area (Å²) in [5, 5.41) is 0.685. The Bertz CT molecular complexity index is 307. The fraction of sp³-hybridized carbons (Fsp3) is 0.818. The second-order valence-electron chi connectivity index (χ2n) is 4.26. The van der Waals surface area contributed by atoms with Gasteiger partial charge in [0.2, 0.25) is 0 Å².